The number of hydrogen-bond donors (Lipinski definition) is 2. The smallest absolute Gasteiger partial charge is 0.339 e. The Labute approximate surface area is 85.5 Å². The zero-order chi connectivity index (χ0) is 10.3. The summed E-state index contributed by atoms with van der Waals surface area (Å²) >= 11 is 9.53. The zero-order valence-electron chi connectivity index (χ0n) is 6.58. The van der Waals surface area contributed by atoms with E-state index in [0.29, 0.717) is 0 Å². The molecule has 3 nitrogen and oxygen atoms in total. The molecule has 0 aromatic heterocycles. The lowest BCUT2D eigenvalue weighted by Crippen LogP contribution is -1.95. The van der Waals surface area contributed by atoms with Gasteiger partial charge in [0.2, 0.25) is 0 Å². The van der Waals surface area contributed by atoms with Crippen LogP contribution in [0.25, 0.3) is 0 Å². The summed E-state index contributed by atoms with van der Waals surface area (Å²) in [6, 6.07) is 5.81. The molecule has 0 atom stereocenters. The second-order valence-electron chi connectivity index (χ2n) is 1.92. The van der Waals surface area contributed by atoms with Crippen molar-refractivity contribution < 1.29 is 15.0 Å². The van der Waals surface area contributed by atoms with Crippen molar-refractivity contribution in [1.29, 1.82) is 0 Å². The van der Waals surface area contributed by atoms with E-state index < -0.39 is 5.97 Å². The SMILES string of the molecule is ClCCl.O=C(O)c1ccccc1O. The number of phenols is 1. The van der Waals surface area contributed by atoms with Crippen LogP contribution in [0.3, 0.4) is 0 Å². The lowest BCUT2D eigenvalue weighted by molar-refractivity contribution is 0.0694. The average molecular weight is 223 g/mol. The van der Waals surface area contributed by atoms with Crippen LogP contribution in [0.2, 0.25) is 0 Å². The molecule has 0 bridgehead atoms. The van der Waals surface area contributed by atoms with E-state index in [4.69, 9.17) is 33.4 Å². The molecule has 0 radical (unpaired) electrons. The first-order chi connectivity index (χ1) is 6.13. The Bertz CT molecular complexity index is 276. The van der Waals surface area contributed by atoms with E-state index in [2.05, 4.69) is 0 Å². The van der Waals surface area contributed by atoms with Gasteiger partial charge in [-0.3, -0.25) is 0 Å². The summed E-state index contributed by atoms with van der Waals surface area (Å²) in [6.45, 7) is 0. The molecule has 0 heterocycles. The van der Waals surface area contributed by atoms with Gasteiger partial charge in [-0.25, -0.2) is 4.79 Å². The van der Waals surface area contributed by atoms with Crippen LogP contribution >= 0.6 is 23.2 Å². The highest BCUT2D eigenvalue weighted by Gasteiger charge is 2.05. The molecule has 0 amide bonds. The first-order valence-electron chi connectivity index (χ1n) is 3.26. The zero-order valence-corrected chi connectivity index (χ0v) is 8.09. The molecule has 1 aromatic rings. The second kappa shape index (κ2) is 6.57. The summed E-state index contributed by atoms with van der Waals surface area (Å²) in [4.78, 5) is 10.3. The fourth-order valence-corrected chi connectivity index (χ4v) is 0.654. The van der Waals surface area contributed by atoms with Crippen molar-refractivity contribution in [1.82, 2.24) is 0 Å². The first-order valence-corrected chi connectivity index (χ1v) is 4.33. The molecule has 0 aliphatic rings. The van der Waals surface area contributed by atoms with Gasteiger partial charge in [0.1, 0.15) is 11.3 Å². The van der Waals surface area contributed by atoms with Crippen molar-refractivity contribution in [2.24, 2.45) is 0 Å². The molecule has 13 heavy (non-hydrogen) atoms. The molecule has 0 spiro atoms. The summed E-state index contributed by atoms with van der Waals surface area (Å²) < 4.78 is 0. The quantitative estimate of drug-likeness (QED) is 0.719. The first kappa shape index (κ1) is 12.1. The molecule has 0 saturated heterocycles. The molecule has 5 heteroatoms. The standard InChI is InChI=1S/C7H6O3.CH2Cl2/c8-6-4-2-1-3-5(6)7(9)10;2-1-3/h1-4,8H,(H,9,10);1H2. The highest BCUT2D eigenvalue weighted by molar-refractivity contribution is 6.40. The maximum absolute atomic E-state index is 10.3. The van der Waals surface area contributed by atoms with Gasteiger partial charge in [-0.1, -0.05) is 12.1 Å². The Morgan fingerprint density at radius 1 is 1.31 bits per heavy atom. The summed E-state index contributed by atoms with van der Waals surface area (Å²) in [5.74, 6) is -1.31. The third-order valence-electron chi connectivity index (χ3n) is 1.13. The number of aromatic hydroxyl groups is 1. The van der Waals surface area contributed by atoms with E-state index in [0.717, 1.165) is 0 Å². The van der Waals surface area contributed by atoms with Gasteiger partial charge in [-0.2, -0.15) is 0 Å². The number of carboxylic acids is 1. The van der Waals surface area contributed by atoms with Gasteiger partial charge in [0.25, 0.3) is 0 Å². The topological polar surface area (TPSA) is 57.5 Å². The molecule has 0 saturated carbocycles. The lowest BCUT2D eigenvalue weighted by atomic mass is 10.2. The summed E-state index contributed by atoms with van der Waals surface area (Å²) in [7, 11) is 0. The Morgan fingerprint density at radius 3 is 2.08 bits per heavy atom. The molecule has 2 N–H and O–H groups in total. The van der Waals surface area contributed by atoms with Crippen molar-refractivity contribution in [3.8, 4) is 5.75 Å². The Morgan fingerprint density at radius 2 is 1.77 bits per heavy atom. The Hall–Kier alpha value is -0.930. The Kier molecular flexibility index (Phi) is 6.10. The van der Waals surface area contributed by atoms with Crippen LogP contribution in [0.15, 0.2) is 24.3 Å². The van der Waals surface area contributed by atoms with E-state index >= 15 is 0 Å². The molecule has 0 aliphatic heterocycles. The van der Waals surface area contributed by atoms with Crippen LogP contribution in [0.5, 0.6) is 5.75 Å². The van der Waals surface area contributed by atoms with Crippen molar-refractivity contribution in [2.45, 2.75) is 0 Å². The molecule has 0 fully saturated rings. The number of alkyl halides is 2. The average Bonchev–Trinajstić information content (AvgIpc) is 2.06. The van der Waals surface area contributed by atoms with Gasteiger partial charge < -0.3 is 10.2 Å². The number of benzene rings is 1. The Balaban J connectivity index is 0.000000424. The van der Waals surface area contributed by atoms with Crippen LogP contribution in [-0.4, -0.2) is 21.5 Å². The van der Waals surface area contributed by atoms with Gasteiger partial charge in [-0.05, 0) is 12.1 Å². The second-order valence-corrected chi connectivity index (χ2v) is 2.73. The van der Waals surface area contributed by atoms with Crippen LogP contribution in [0, 0.1) is 0 Å². The minimum absolute atomic E-state index is 0.0671. The summed E-state index contributed by atoms with van der Waals surface area (Å²) in [5, 5.41) is 17.5. The fraction of sp³-hybridized carbons (Fsp3) is 0.125. The minimum Gasteiger partial charge on any atom is -0.507 e. The predicted octanol–water partition coefficient (Wildman–Crippen LogP) is 2.51. The predicted molar refractivity (Wildman–Crippen MR) is 51.6 cm³/mol. The maximum atomic E-state index is 10.3. The fourth-order valence-electron chi connectivity index (χ4n) is 0.654. The molecule has 0 unspecified atom stereocenters. The van der Waals surface area contributed by atoms with Gasteiger partial charge in [0, 0.05) is 0 Å². The number of halogens is 2. The number of aromatic carboxylic acids is 1. The van der Waals surface area contributed by atoms with Crippen molar-refractivity contribution >= 4 is 29.2 Å². The monoisotopic (exact) mass is 222 g/mol. The number of hydrogen-bond acceptors (Lipinski definition) is 2. The maximum Gasteiger partial charge on any atom is 0.339 e. The molecule has 0 aliphatic carbocycles. The summed E-state index contributed by atoms with van der Waals surface area (Å²) in [6.07, 6.45) is 0. The normalized spacial score (nSPS) is 8.46. The molecule has 1 aromatic carbocycles. The van der Waals surface area contributed by atoms with Crippen LogP contribution in [-0.2, 0) is 0 Å². The molecule has 1 rings (SSSR count). The van der Waals surface area contributed by atoms with E-state index in [9.17, 15) is 4.79 Å². The third kappa shape index (κ3) is 4.60. The van der Waals surface area contributed by atoms with Crippen molar-refractivity contribution in [2.75, 3.05) is 5.34 Å². The van der Waals surface area contributed by atoms with E-state index in [-0.39, 0.29) is 16.7 Å². The minimum atomic E-state index is -1.11. The van der Waals surface area contributed by atoms with Crippen LogP contribution in [0.4, 0.5) is 0 Å². The van der Waals surface area contributed by atoms with E-state index in [1.54, 1.807) is 12.1 Å². The van der Waals surface area contributed by atoms with Crippen molar-refractivity contribution in [3.63, 3.8) is 0 Å². The number of carbonyl (C=O) groups is 1. The van der Waals surface area contributed by atoms with Gasteiger partial charge in [0.15, 0.2) is 0 Å². The summed E-state index contributed by atoms with van der Waals surface area (Å²) in [5.41, 5.74) is -0.0671. The van der Waals surface area contributed by atoms with E-state index in [1.807, 2.05) is 0 Å². The van der Waals surface area contributed by atoms with Crippen molar-refractivity contribution in [3.05, 3.63) is 29.8 Å². The van der Waals surface area contributed by atoms with Gasteiger partial charge in [0.05, 0.1) is 5.34 Å². The van der Waals surface area contributed by atoms with E-state index in [1.165, 1.54) is 12.1 Å². The highest BCUT2D eigenvalue weighted by atomic mass is 35.5. The number of carboxylic acid groups (broad SMARTS) is 1. The van der Waals surface area contributed by atoms with Crippen LogP contribution in [0.1, 0.15) is 10.4 Å². The molecule has 72 valence electrons. The number of rotatable bonds is 1. The molecular weight excluding hydrogens is 215 g/mol. The largest absolute Gasteiger partial charge is 0.507 e. The third-order valence-corrected chi connectivity index (χ3v) is 1.13. The van der Waals surface area contributed by atoms with Crippen LogP contribution < -0.4 is 0 Å². The van der Waals surface area contributed by atoms with Gasteiger partial charge in [-0.15, -0.1) is 23.2 Å². The number of para-hydroxylation sites is 1. The molecular formula is C8H8Cl2O3. The highest BCUT2D eigenvalue weighted by Crippen LogP contribution is 2.14. The lowest BCUT2D eigenvalue weighted by Gasteiger charge is -1.95. The van der Waals surface area contributed by atoms with Gasteiger partial charge >= 0.3 is 5.97 Å².